The van der Waals surface area contributed by atoms with Crippen LogP contribution < -0.4 is 9.46 Å². The lowest BCUT2D eigenvalue weighted by Gasteiger charge is -2.24. The van der Waals surface area contributed by atoms with Crippen molar-refractivity contribution in [1.29, 1.82) is 5.26 Å². The van der Waals surface area contributed by atoms with Gasteiger partial charge in [-0.25, -0.2) is 13.2 Å². The lowest BCUT2D eigenvalue weighted by molar-refractivity contribution is -0.0429. The molecule has 15 heteroatoms. The van der Waals surface area contributed by atoms with Gasteiger partial charge in [-0.15, -0.1) is 0 Å². The van der Waals surface area contributed by atoms with Gasteiger partial charge in [-0.2, -0.15) is 31.2 Å². The fraction of sp³-hybridized carbons (Fsp3) is 0.167. The minimum atomic E-state index is -5.91. The highest BCUT2D eigenvalue weighted by Crippen LogP contribution is 2.31. The van der Waals surface area contributed by atoms with Gasteiger partial charge in [-0.1, -0.05) is 30.3 Å². The number of rotatable bonds is 10. The molecule has 0 aromatic heterocycles. The molecule has 0 bridgehead atoms. The average Bonchev–Trinajstić information content (AvgIpc) is 2.88. The summed E-state index contributed by atoms with van der Waals surface area (Å²) in [5, 5.41) is 18.5. The van der Waals surface area contributed by atoms with Crippen LogP contribution in [0.3, 0.4) is 0 Å². The molecule has 2 N–H and O–H groups in total. The second-order valence-electron chi connectivity index (χ2n) is 7.97. The minimum absolute atomic E-state index is 0.0328. The van der Waals surface area contributed by atoms with Crippen LogP contribution in [0.25, 0.3) is 0 Å². The molecule has 0 unspecified atom stereocenters. The van der Waals surface area contributed by atoms with Crippen molar-refractivity contribution in [2.75, 3.05) is 11.8 Å². The van der Waals surface area contributed by atoms with Crippen molar-refractivity contribution < 1.29 is 44.6 Å². The summed E-state index contributed by atoms with van der Waals surface area (Å²) in [4.78, 5) is 11.6. The number of carboxylic acid groups (broad SMARTS) is 1. The number of carboxylic acids is 1. The van der Waals surface area contributed by atoms with E-state index in [9.17, 15) is 39.9 Å². The molecule has 0 saturated carbocycles. The fourth-order valence-electron chi connectivity index (χ4n) is 3.45. The normalized spacial score (nSPS) is 12.1. The summed E-state index contributed by atoms with van der Waals surface area (Å²) in [7, 11) is -8.95. The summed E-state index contributed by atoms with van der Waals surface area (Å²) in [5.41, 5.74) is -6.53. The molecule has 0 saturated heterocycles. The number of hydrogen-bond acceptors (Lipinski definition) is 7. The predicted octanol–water partition coefficient (Wildman–Crippen LogP) is 3.92. The zero-order valence-electron chi connectivity index (χ0n) is 20.0. The lowest BCUT2D eigenvalue weighted by atomic mass is 10.1. The smallest absolute Gasteiger partial charge is 0.495 e. The third kappa shape index (κ3) is 6.66. The molecule has 10 nitrogen and oxygen atoms in total. The van der Waals surface area contributed by atoms with E-state index in [0.29, 0.717) is 11.1 Å². The minimum Gasteiger partial charge on any atom is -0.495 e. The Morgan fingerprint density at radius 2 is 1.59 bits per heavy atom. The number of benzene rings is 3. The largest absolute Gasteiger partial charge is 0.516 e. The first-order valence-corrected chi connectivity index (χ1v) is 13.7. The van der Waals surface area contributed by atoms with Gasteiger partial charge in [0.15, 0.2) is 0 Å². The van der Waals surface area contributed by atoms with E-state index in [1.165, 1.54) is 54.3 Å². The molecule has 0 aliphatic carbocycles. The molecule has 0 heterocycles. The zero-order chi connectivity index (χ0) is 29.0. The Kier molecular flexibility index (Phi) is 8.54. The molecule has 3 rings (SSSR count). The maximum Gasteiger partial charge on any atom is 0.516 e. The lowest BCUT2D eigenvalue weighted by Crippen LogP contribution is -2.31. The number of sulfonamides is 2. The van der Waals surface area contributed by atoms with Crippen LogP contribution >= 0.6 is 0 Å². The molecule has 0 atom stereocenters. The molecule has 206 valence electrons. The number of aromatic carboxylic acids is 1. The van der Waals surface area contributed by atoms with Gasteiger partial charge in [0, 0.05) is 13.1 Å². The van der Waals surface area contributed by atoms with Crippen LogP contribution in [0.4, 0.5) is 18.9 Å². The van der Waals surface area contributed by atoms with E-state index in [1.54, 1.807) is 6.07 Å². The number of nitrogens with one attached hydrogen (secondary N) is 1. The molecule has 0 amide bonds. The molecular formula is C24H20F3N3O7S2. The van der Waals surface area contributed by atoms with Gasteiger partial charge >= 0.3 is 21.5 Å². The van der Waals surface area contributed by atoms with Gasteiger partial charge in [0.1, 0.15) is 10.6 Å². The average molecular weight is 584 g/mol. The predicted molar refractivity (Wildman–Crippen MR) is 133 cm³/mol. The SMILES string of the molecule is COc1ccccc1S(=O)(=O)N(Cc1ccc(C#N)cc1)Cc1ccc(NS(=O)(=O)C(F)(F)F)c(C(=O)O)c1. The maximum absolute atomic E-state index is 13.7. The molecule has 39 heavy (non-hydrogen) atoms. The van der Waals surface area contributed by atoms with Gasteiger partial charge in [0.05, 0.1) is 30.0 Å². The standard InChI is InChI=1S/C24H20F3N3O7S2/c1-37-21-4-2-3-5-22(21)38(33,34)30(14-17-8-6-16(13-28)7-9-17)15-18-10-11-20(19(12-18)23(31)32)29-39(35,36)24(25,26)27/h2-12,29H,14-15H2,1H3,(H,31,32). The molecular weight excluding hydrogens is 563 g/mol. The van der Waals surface area contributed by atoms with Gasteiger partial charge < -0.3 is 9.84 Å². The van der Waals surface area contributed by atoms with E-state index in [0.717, 1.165) is 22.5 Å². The Labute approximate surface area is 222 Å². The Bertz CT molecular complexity index is 1630. The van der Waals surface area contributed by atoms with Crippen molar-refractivity contribution in [3.8, 4) is 11.8 Å². The second kappa shape index (κ2) is 11.3. The van der Waals surface area contributed by atoms with E-state index < -0.39 is 49.3 Å². The Balaban J connectivity index is 2.07. The van der Waals surface area contributed by atoms with E-state index in [2.05, 4.69) is 0 Å². The van der Waals surface area contributed by atoms with Gasteiger partial charge in [-0.05, 0) is 47.5 Å². The molecule has 0 radical (unpaired) electrons. The van der Waals surface area contributed by atoms with Crippen molar-refractivity contribution in [3.63, 3.8) is 0 Å². The van der Waals surface area contributed by atoms with Crippen LogP contribution in [-0.2, 0) is 33.1 Å². The summed E-state index contributed by atoms with van der Waals surface area (Å²) in [6.07, 6.45) is 0. The number of hydrogen-bond donors (Lipinski definition) is 2. The Morgan fingerprint density at radius 1 is 1.00 bits per heavy atom. The van der Waals surface area contributed by atoms with E-state index in [1.807, 2.05) is 6.07 Å². The van der Waals surface area contributed by atoms with E-state index >= 15 is 0 Å². The highest BCUT2D eigenvalue weighted by molar-refractivity contribution is 7.93. The van der Waals surface area contributed by atoms with Crippen LogP contribution in [0.5, 0.6) is 5.75 Å². The van der Waals surface area contributed by atoms with Gasteiger partial charge in [0.2, 0.25) is 10.0 Å². The summed E-state index contributed by atoms with van der Waals surface area (Å²) >= 11 is 0. The number of nitriles is 1. The first-order valence-electron chi connectivity index (χ1n) is 10.8. The van der Waals surface area contributed by atoms with Crippen molar-refractivity contribution in [2.45, 2.75) is 23.5 Å². The van der Waals surface area contributed by atoms with Crippen molar-refractivity contribution in [3.05, 3.63) is 89.0 Å². The molecule has 0 fully saturated rings. The highest BCUT2D eigenvalue weighted by atomic mass is 32.2. The van der Waals surface area contributed by atoms with Gasteiger partial charge in [-0.3, -0.25) is 4.72 Å². The molecule has 0 spiro atoms. The van der Waals surface area contributed by atoms with Crippen LogP contribution in [0, 0.1) is 11.3 Å². The summed E-state index contributed by atoms with van der Waals surface area (Å²) in [6, 6.07) is 16.5. The third-order valence-corrected chi connectivity index (χ3v) is 8.28. The number of carbonyl (C=O) groups is 1. The Morgan fingerprint density at radius 3 is 2.15 bits per heavy atom. The number of halogens is 3. The summed E-state index contributed by atoms with van der Waals surface area (Å²) < 4.78 is 96.2. The monoisotopic (exact) mass is 583 g/mol. The Hall–Kier alpha value is -4.13. The van der Waals surface area contributed by atoms with Crippen molar-refractivity contribution in [2.24, 2.45) is 0 Å². The topological polar surface area (TPSA) is 154 Å². The molecule has 3 aromatic rings. The van der Waals surface area contributed by atoms with Gasteiger partial charge in [0.25, 0.3) is 0 Å². The first-order chi connectivity index (χ1) is 18.2. The van der Waals surface area contributed by atoms with Crippen LogP contribution in [-0.4, -0.2) is 44.8 Å². The quantitative estimate of drug-likeness (QED) is 0.364. The number of nitrogens with zero attached hydrogens (tertiary/aromatic N) is 2. The van der Waals surface area contributed by atoms with Crippen LogP contribution in [0.15, 0.2) is 71.6 Å². The second-order valence-corrected chi connectivity index (χ2v) is 11.5. The summed E-state index contributed by atoms with van der Waals surface area (Å²) in [5.74, 6) is -1.71. The number of methoxy groups -OCH3 is 1. The summed E-state index contributed by atoms with van der Waals surface area (Å²) in [6.45, 7) is -0.691. The third-order valence-electron chi connectivity index (χ3n) is 5.35. The number of ether oxygens (including phenoxy) is 1. The van der Waals surface area contributed by atoms with E-state index in [4.69, 9.17) is 10.00 Å². The zero-order valence-corrected chi connectivity index (χ0v) is 21.6. The fourth-order valence-corrected chi connectivity index (χ4v) is 5.60. The molecule has 0 aliphatic rings. The molecule has 0 aliphatic heterocycles. The van der Waals surface area contributed by atoms with E-state index in [-0.39, 0.29) is 22.8 Å². The number of anilines is 1. The van der Waals surface area contributed by atoms with Crippen LogP contribution in [0.1, 0.15) is 27.0 Å². The first kappa shape index (κ1) is 29.4. The van der Waals surface area contributed by atoms with Crippen molar-refractivity contribution >= 4 is 31.7 Å². The van der Waals surface area contributed by atoms with Crippen molar-refractivity contribution in [1.82, 2.24) is 4.31 Å². The number of para-hydroxylation sites is 1. The highest BCUT2D eigenvalue weighted by Gasteiger charge is 2.46. The maximum atomic E-state index is 13.7. The van der Waals surface area contributed by atoms with Crippen LogP contribution in [0.2, 0.25) is 0 Å². The molecule has 3 aromatic carbocycles. The number of alkyl halides is 3.